The van der Waals surface area contributed by atoms with Crippen molar-refractivity contribution < 1.29 is 4.74 Å². The summed E-state index contributed by atoms with van der Waals surface area (Å²) >= 11 is 9.54. The molecule has 0 bridgehead atoms. The molecule has 0 unspecified atom stereocenters. The first-order chi connectivity index (χ1) is 14.1. The van der Waals surface area contributed by atoms with Crippen LogP contribution in [0.5, 0.6) is 11.8 Å². The maximum absolute atomic E-state index is 6.22. The van der Waals surface area contributed by atoms with Crippen LogP contribution in [0.3, 0.4) is 0 Å². The second kappa shape index (κ2) is 7.13. The van der Waals surface area contributed by atoms with E-state index in [2.05, 4.69) is 36.9 Å². The van der Waals surface area contributed by atoms with E-state index in [1.54, 1.807) is 12.4 Å². The topological polar surface area (TPSA) is 63.7 Å². The third kappa shape index (κ3) is 3.45. The summed E-state index contributed by atoms with van der Waals surface area (Å²) in [6, 6.07) is 15.9. The molecule has 0 atom stereocenters. The first-order valence-corrected chi connectivity index (χ1v) is 10.1. The molecular weight excluding hydrogens is 452 g/mol. The van der Waals surface area contributed by atoms with Gasteiger partial charge in [-0.05, 0) is 59.3 Å². The predicted octanol–water partition coefficient (Wildman–Crippen LogP) is 6.69. The number of rotatable bonds is 3. The Morgan fingerprint density at radius 1 is 1.00 bits per heavy atom. The van der Waals surface area contributed by atoms with E-state index in [0.717, 1.165) is 43.2 Å². The van der Waals surface area contributed by atoms with Crippen molar-refractivity contribution in [3.05, 3.63) is 76.1 Å². The highest BCUT2D eigenvalue weighted by molar-refractivity contribution is 9.10. The Kier molecular flexibility index (Phi) is 4.45. The zero-order valence-electron chi connectivity index (χ0n) is 15.3. The molecule has 0 saturated heterocycles. The molecule has 0 aliphatic heterocycles. The fourth-order valence-corrected chi connectivity index (χ4v) is 3.73. The van der Waals surface area contributed by atoms with Gasteiger partial charge < -0.3 is 9.72 Å². The molecule has 142 valence electrons. The molecule has 3 aromatic heterocycles. The van der Waals surface area contributed by atoms with E-state index in [0.29, 0.717) is 10.8 Å². The molecule has 2 aromatic carbocycles. The number of nitrogens with one attached hydrogen (secondary N) is 1. The maximum Gasteiger partial charge on any atom is 0.321 e. The van der Waals surface area contributed by atoms with E-state index >= 15 is 0 Å². The average Bonchev–Trinajstić information content (AvgIpc) is 3.08. The number of aryl methyl sites for hydroxylation is 1. The number of aromatic nitrogens is 4. The number of halogens is 2. The molecule has 0 aliphatic rings. The molecular formula is C22H14BrClN4O. The Bertz CT molecular complexity index is 1370. The van der Waals surface area contributed by atoms with Crippen molar-refractivity contribution in [2.75, 3.05) is 0 Å². The van der Waals surface area contributed by atoms with Crippen molar-refractivity contribution in [1.82, 2.24) is 19.9 Å². The Labute approximate surface area is 179 Å². The molecule has 0 fully saturated rings. The van der Waals surface area contributed by atoms with Crippen LogP contribution in [-0.4, -0.2) is 19.9 Å². The number of nitrogens with zero attached hydrogens (tertiary/aromatic N) is 3. The SMILES string of the molecule is Cc1nc(-c2cccc(Oc3ncc(Br)cn3)c2)cc2c1[nH]c1ccc(Cl)cc12. The van der Waals surface area contributed by atoms with Gasteiger partial charge >= 0.3 is 6.01 Å². The second-order valence-electron chi connectivity index (χ2n) is 6.64. The Morgan fingerprint density at radius 2 is 1.83 bits per heavy atom. The van der Waals surface area contributed by atoms with Gasteiger partial charge in [-0.25, -0.2) is 9.97 Å². The fourth-order valence-electron chi connectivity index (χ4n) is 3.35. The molecule has 0 amide bonds. The zero-order chi connectivity index (χ0) is 20.0. The molecule has 7 heteroatoms. The van der Waals surface area contributed by atoms with E-state index < -0.39 is 0 Å². The lowest BCUT2D eigenvalue weighted by Gasteiger charge is -2.07. The van der Waals surface area contributed by atoms with Crippen molar-refractivity contribution in [2.45, 2.75) is 6.92 Å². The lowest BCUT2D eigenvalue weighted by atomic mass is 10.1. The van der Waals surface area contributed by atoms with E-state index in [9.17, 15) is 0 Å². The van der Waals surface area contributed by atoms with Gasteiger partial charge in [0, 0.05) is 39.3 Å². The number of fused-ring (bicyclic) bond motifs is 3. The van der Waals surface area contributed by atoms with Crippen molar-refractivity contribution in [1.29, 1.82) is 0 Å². The highest BCUT2D eigenvalue weighted by Gasteiger charge is 2.12. The van der Waals surface area contributed by atoms with Crippen LogP contribution in [0.1, 0.15) is 5.69 Å². The van der Waals surface area contributed by atoms with Crippen molar-refractivity contribution in [3.63, 3.8) is 0 Å². The molecule has 3 heterocycles. The van der Waals surface area contributed by atoms with Gasteiger partial charge in [-0.15, -0.1) is 0 Å². The van der Waals surface area contributed by atoms with Crippen molar-refractivity contribution in [2.24, 2.45) is 0 Å². The third-order valence-electron chi connectivity index (χ3n) is 4.67. The fraction of sp³-hybridized carbons (Fsp3) is 0.0455. The average molecular weight is 466 g/mol. The summed E-state index contributed by atoms with van der Waals surface area (Å²) < 4.78 is 6.59. The van der Waals surface area contributed by atoms with Crippen LogP contribution in [0.15, 0.2) is 65.4 Å². The number of hydrogen-bond donors (Lipinski definition) is 1. The third-order valence-corrected chi connectivity index (χ3v) is 5.31. The first-order valence-electron chi connectivity index (χ1n) is 8.91. The number of hydrogen-bond acceptors (Lipinski definition) is 4. The Morgan fingerprint density at radius 3 is 2.66 bits per heavy atom. The van der Waals surface area contributed by atoms with Crippen LogP contribution in [0.2, 0.25) is 5.02 Å². The maximum atomic E-state index is 6.22. The summed E-state index contributed by atoms with van der Waals surface area (Å²) in [6.07, 6.45) is 3.29. The molecule has 5 aromatic rings. The molecule has 0 spiro atoms. The summed E-state index contributed by atoms with van der Waals surface area (Å²) in [4.78, 5) is 16.5. The minimum Gasteiger partial charge on any atom is -0.424 e. The quantitative estimate of drug-likeness (QED) is 0.322. The van der Waals surface area contributed by atoms with E-state index in [1.807, 2.05) is 49.4 Å². The summed E-state index contributed by atoms with van der Waals surface area (Å²) in [5.41, 5.74) is 4.78. The molecule has 29 heavy (non-hydrogen) atoms. The summed E-state index contributed by atoms with van der Waals surface area (Å²) in [6.45, 7) is 2.00. The standard InChI is InChI=1S/C22H14BrClN4O/c1-12-21-18(17-8-15(24)5-6-19(17)28-21)9-20(27-12)13-3-2-4-16(7-13)29-22-25-10-14(23)11-26-22/h2-11,28H,1H3. The van der Waals surface area contributed by atoms with Gasteiger partial charge in [0.25, 0.3) is 0 Å². The molecule has 0 saturated carbocycles. The van der Waals surface area contributed by atoms with E-state index in [1.165, 1.54) is 0 Å². The van der Waals surface area contributed by atoms with Gasteiger partial charge in [0.15, 0.2) is 0 Å². The normalized spacial score (nSPS) is 11.3. The number of pyridine rings is 1. The lowest BCUT2D eigenvalue weighted by molar-refractivity contribution is 0.441. The first kappa shape index (κ1) is 18.1. The van der Waals surface area contributed by atoms with Crippen LogP contribution >= 0.6 is 27.5 Å². The summed E-state index contributed by atoms with van der Waals surface area (Å²) in [5, 5.41) is 2.88. The van der Waals surface area contributed by atoms with Crippen LogP contribution in [0.4, 0.5) is 0 Å². The van der Waals surface area contributed by atoms with Gasteiger partial charge in [-0.1, -0.05) is 23.7 Å². The molecule has 1 N–H and O–H groups in total. The Balaban J connectivity index is 1.59. The van der Waals surface area contributed by atoms with Gasteiger partial charge in [0.2, 0.25) is 0 Å². The minimum atomic E-state index is 0.288. The largest absolute Gasteiger partial charge is 0.424 e. The number of H-pyrrole nitrogens is 1. The van der Waals surface area contributed by atoms with Gasteiger partial charge in [-0.2, -0.15) is 0 Å². The molecule has 5 rings (SSSR count). The van der Waals surface area contributed by atoms with Gasteiger partial charge in [0.05, 0.1) is 21.4 Å². The zero-order valence-corrected chi connectivity index (χ0v) is 17.6. The lowest BCUT2D eigenvalue weighted by Crippen LogP contribution is -1.92. The summed E-state index contributed by atoms with van der Waals surface area (Å²) in [5.74, 6) is 0.645. The van der Waals surface area contributed by atoms with Gasteiger partial charge in [-0.3, -0.25) is 4.98 Å². The smallest absolute Gasteiger partial charge is 0.321 e. The molecule has 5 nitrogen and oxygen atoms in total. The molecule has 0 aliphatic carbocycles. The van der Waals surface area contributed by atoms with Gasteiger partial charge in [0.1, 0.15) is 5.75 Å². The Hall–Kier alpha value is -2.96. The number of ether oxygens (including phenoxy) is 1. The minimum absolute atomic E-state index is 0.288. The van der Waals surface area contributed by atoms with E-state index in [4.69, 9.17) is 21.3 Å². The van der Waals surface area contributed by atoms with Crippen LogP contribution in [0.25, 0.3) is 33.1 Å². The van der Waals surface area contributed by atoms with Crippen LogP contribution < -0.4 is 4.74 Å². The van der Waals surface area contributed by atoms with Crippen molar-refractivity contribution >= 4 is 49.3 Å². The summed E-state index contributed by atoms with van der Waals surface area (Å²) in [7, 11) is 0. The van der Waals surface area contributed by atoms with E-state index in [-0.39, 0.29) is 6.01 Å². The van der Waals surface area contributed by atoms with Crippen molar-refractivity contribution in [3.8, 4) is 23.0 Å². The van der Waals surface area contributed by atoms with Crippen LogP contribution in [-0.2, 0) is 0 Å². The second-order valence-corrected chi connectivity index (χ2v) is 8.00. The predicted molar refractivity (Wildman–Crippen MR) is 119 cm³/mol. The highest BCUT2D eigenvalue weighted by atomic mass is 79.9. The van der Waals surface area contributed by atoms with Crippen LogP contribution in [0, 0.1) is 6.92 Å². The number of aromatic amines is 1. The molecule has 0 radical (unpaired) electrons. The monoisotopic (exact) mass is 464 g/mol. The highest BCUT2D eigenvalue weighted by Crippen LogP contribution is 2.33. The number of benzene rings is 2.